The number of rotatable bonds is 2. The Morgan fingerprint density at radius 2 is 2.10 bits per heavy atom. The molecule has 0 bridgehead atoms. The quantitative estimate of drug-likeness (QED) is 0.818. The lowest BCUT2D eigenvalue weighted by atomic mass is 10.1. The number of pyridine rings is 1. The lowest BCUT2D eigenvalue weighted by Gasteiger charge is -2.14. The SMILES string of the molecule is Cc1c(Br)c(C)n(NC(=O)c2coc(Br)c2)c(=O)c1C#N. The summed E-state index contributed by atoms with van der Waals surface area (Å²) >= 11 is 6.41. The van der Waals surface area contributed by atoms with Crippen molar-refractivity contribution >= 4 is 37.8 Å². The second kappa shape index (κ2) is 5.87. The van der Waals surface area contributed by atoms with Crippen LogP contribution >= 0.6 is 31.9 Å². The molecule has 2 aromatic heterocycles. The van der Waals surface area contributed by atoms with E-state index in [9.17, 15) is 9.59 Å². The zero-order valence-electron chi connectivity index (χ0n) is 11.0. The summed E-state index contributed by atoms with van der Waals surface area (Å²) in [5.74, 6) is -0.519. The summed E-state index contributed by atoms with van der Waals surface area (Å²) in [6.45, 7) is 3.32. The highest BCUT2D eigenvalue weighted by Crippen LogP contribution is 2.21. The molecule has 0 spiro atoms. The van der Waals surface area contributed by atoms with Crippen molar-refractivity contribution in [2.45, 2.75) is 13.8 Å². The Kier molecular flexibility index (Phi) is 4.34. The molecule has 2 aromatic rings. The third kappa shape index (κ3) is 2.80. The second-order valence-corrected chi connectivity index (χ2v) is 5.81. The Labute approximate surface area is 136 Å². The van der Waals surface area contributed by atoms with Gasteiger partial charge in [0.15, 0.2) is 4.67 Å². The van der Waals surface area contributed by atoms with Crippen molar-refractivity contribution in [1.29, 1.82) is 5.26 Å². The lowest BCUT2D eigenvalue weighted by molar-refractivity contribution is 0.101. The predicted octanol–water partition coefficient (Wildman–Crippen LogP) is 2.84. The molecular formula is C13H9Br2N3O3. The number of aromatic nitrogens is 1. The van der Waals surface area contributed by atoms with Crippen LogP contribution in [-0.4, -0.2) is 10.6 Å². The van der Waals surface area contributed by atoms with Gasteiger partial charge in [-0.15, -0.1) is 0 Å². The van der Waals surface area contributed by atoms with E-state index in [0.717, 1.165) is 4.68 Å². The fourth-order valence-corrected chi connectivity index (χ4v) is 2.48. The van der Waals surface area contributed by atoms with Gasteiger partial charge in [-0.3, -0.25) is 15.0 Å². The molecule has 0 saturated carbocycles. The molecule has 6 nitrogen and oxygen atoms in total. The van der Waals surface area contributed by atoms with Crippen molar-refractivity contribution in [3.8, 4) is 6.07 Å². The van der Waals surface area contributed by atoms with Crippen LogP contribution in [0.3, 0.4) is 0 Å². The fourth-order valence-electron chi connectivity index (χ4n) is 1.77. The minimum absolute atomic E-state index is 0.0267. The van der Waals surface area contributed by atoms with Gasteiger partial charge in [-0.05, 0) is 51.3 Å². The van der Waals surface area contributed by atoms with Gasteiger partial charge in [-0.25, -0.2) is 4.68 Å². The standard InChI is InChI=1S/C13H9Br2N3O3/c1-6-9(4-16)13(20)18(7(2)11(6)15)17-12(19)8-3-10(14)21-5-8/h3,5H,1-2H3,(H,17,19). The molecule has 0 aromatic carbocycles. The van der Waals surface area contributed by atoms with Gasteiger partial charge in [0.1, 0.15) is 17.9 Å². The third-order valence-electron chi connectivity index (χ3n) is 2.93. The highest BCUT2D eigenvalue weighted by atomic mass is 79.9. The second-order valence-electron chi connectivity index (χ2n) is 4.23. The van der Waals surface area contributed by atoms with Gasteiger partial charge in [0.05, 0.1) is 11.3 Å². The number of amides is 1. The number of nitrogens with zero attached hydrogens (tertiary/aromatic N) is 2. The van der Waals surface area contributed by atoms with Gasteiger partial charge in [0, 0.05) is 10.5 Å². The van der Waals surface area contributed by atoms with Gasteiger partial charge in [0.2, 0.25) is 0 Å². The number of hydrogen-bond acceptors (Lipinski definition) is 4. The molecule has 108 valence electrons. The minimum atomic E-state index is -0.577. The lowest BCUT2D eigenvalue weighted by Crippen LogP contribution is -2.36. The van der Waals surface area contributed by atoms with Crippen LogP contribution < -0.4 is 11.0 Å². The number of furan rings is 1. The summed E-state index contributed by atoms with van der Waals surface area (Å²) in [7, 11) is 0. The van der Waals surface area contributed by atoms with Crippen LogP contribution in [0.25, 0.3) is 0 Å². The normalized spacial score (nSPS) is 10.2. The molecule has 0 saturated heterocycles. The number of halogens is 2. The maximum Gasteiger partial charge on any atom is 0.287 e. The molecule has 0 fully saturated rings. The largest absolute Gasteiger partial charge is 0.457 e. The van der Waals surface area contributed by atoms with Crippen LogP contribution in [0.5, 0.6) is 0 Å². The Balaban J connectivity index is 2.51. The van der Waals surface area contributed by atoms with Gasteiger partial charge in [-0.1, -0.05) is 0 Å². The van der Waals surface area contributed by atoms with Crippen LogP contribution in [-0.2, 0) is 0 Å². The molecule has 0 radical (unpaired) electrons. The van der Waals surface area contributed by atoms with Crippen molar-refractivity contribution in [3.63, 3.8) is 0 Å². The van der Waals surface area contributed by atoms with Gasteiger partial charge >= 0.3 is 0 Å². The Hall–Kier alpha value is -1.85. The first-order valence-electron chi connectivity index (χ1n) is 5.74. The Bertz CT molecular complexity index is 830. The molecular weight excluding hydrogens is 406 g/mol. The summed E-state index contributed by atoms with van der Waals surface area (Å²) in [6.07, 6.45) is 1.26. The third-order valence-corrected chi connectivity index (χ3v) is 4.51. The molecule has 2 heterocycles. The molecule has 2 rings (SSSR count). The molecule has 0 aliphatic carbocycles. The highest BCUT2D eigenvalue weighted by molar-refractivity contribution is 9.10. The molecule has 8 heteroatoms. The number of carbonyl (C=O) groups excluding carboxylic acids is 1. The average molecular weight is 415 g/mol. The molecule has 1 N–H and O–H groups in total. The van der Waals surface area contributed by atoms with E-state index < -0.39 is 11.5 Å². The first-order valence-corrected chi connectivity index (χ1v) is 7.32. The maximum absolute atomic E-state index is 12.2. The number of nitriles is 1. The zero-order chi connectivity index (χ0) is 15.7. The van der Waals surface area contributed by atoms with Crippen LogP contribution in [0, 0.1) is 25.2 Å². The average Bonchev–Trinajstić information content (AvgIpc) is 2.88. The van der Waals surface area contributed by atoms with Crippen LogP contribution in [0.4, 0.5) is 0 Å². The molecule has 0 atom stereocenters. The van der Waals surface area contributed by atoms with Gasteiger partial charge in [-0.2, -0.15) is 5.26 Å². The molecule has 1 amide bonds. The van der Waals surface area contributed by atoms with Gasteiger partial charge in [0.25, 0.3) is 11.5 Å². The fraction of sp³-hybridized carbons (Fsp3) is 0.154. The van der Waals surface area contributed by atoms with E-state index in [1.165, 1.54) is 12.3 Å². The molecule has 0 aliphatic heterocycles. The summed E-state index contributed by atoms with van der Waals surface area (Å²) in [4.78, 5) is 24.3. The van der Waals surface area contributed by atoms with E-state index in [2.05, 4.69) is 37.3 Å². The first-order chi connectivity index (χ1) is 9.86. The number of hydrogen-bond donors (Lipinski definition) is 1. The first kappa shape index (κ1) is 15.5. The summed E-state index contributed by atoms with van der Waals surface area (Å²) < 4.78 is 7.01. The van der Waals surface area contributed by atoms with Crippen LogP contribution in [0.15, 0.2) is 30.7 Å². The van der Waals surface area contributed by atoms with E-state index in [4.69, 9.17) is 9.68 Å². The highest BCUT2D eigenvalue weighted by Gasteiger charge is 2.18. The van der Waals surface area contributed by atoms with E-state index in [1.54, 1.807) is 13.8 Å². The summed E-state index contributed by atoms with van der Waals surface area (Å²) in [5.41, 5.74) is 3.13. The van der Waals surface area contributed by atoms with E-state index in [0.29, 0.717) is 20.4 Å². The molecule has 21 heavy (non-hydrogen) atoms. The molecule has 0 unspecified atom stereocenters. The topological polar surface area (TPSA) is 88.0 Å². The molecule has 0 aliphatic rings. The predicted molar refractivity (Wildman–Crippen MR) is 82.7 cm³/mol. The number of nitrogens with one attached hydrogen (secondary N) is 1. The number of carbonyl (C=O) groups is 1. The van der Waals surface area contributed by atoms with Crippen molar-refractivity contribution in [1.82, 2.24) is 4.68 Å². The van der Waals surface area contributed by atoms with Crippen LogP contribution in [0.1, 0.15) is 27.2 Å². The summed E-state index contributed by atoms with van der Waals surface area (Å²) in [6, 6.07) is 3.32. The van der Waals surface area contributed by atoms with Crippen molar-refractivity contribution < 1.29 is 9.21 Å². The van der Waals surface area contributed by atoms with E-state index in [-0.39, 0.29) is 11.1 Å². The van der Waals surface area contributed by atoms with Crippen molar-refractivity contribution in [2.75, 3.05) is 5.43 Å². The summed E-state index contributed by atoms with van der Waals surface area (Å²) in [5, 5.41) is 9.08. The monoisotopic (exact) mass is 413 g/mol. The van der Waals surface area contributed by atoms with Crippen LogP contribution in [0.2, 0.25) is 0 Å². The minimum Gasteiger partial charge on any atom is -0.457 e. The Morgan fingerprint density at radius 3 is 2.62 bits per heavy atom. The van der Waals surface area contributed by atoms with E-state index >= 15 is 0 Å². The van der Waals surface area contributed by atoms with E-state index in [1.807, 2.05) is 6.07 Å². The van der Waals surface area contributed by atoms with Crippen molar-refractivity contribution in [3.05, 3.63) is 54.2 Å². The zero-order valence-corrected chi connectivity index (χ0v) is 14.2. The maximum atomic E-state index is 12.2. The smallest absolute Gasteiger partial charge is 0.287 e. The van der Waals surface area contributed by atoms with Gasteiger partial charge < -0.3 is 4.42 Å². The van der Waals surface area contributed by atoms with Crippen molar-refractivity contribution in [2.24, 2.45) is 0 Å². The Morgan fingerprint density at radius 1 is 1.43 bits per heavy atom.